The second kappa shape index (κ2) is 5.73. The highest BCUT2D eigenvalue weighted by atomic mass is 16.2. The Morgan fingerprint density at radius 1 is 1.26 bits per heavy atom. The zero-order chi connectivity index (χ0) is 13.8. The topological polar surface area (TPSA) is 75.4 Å². The molecule has 1 aliphatic rings. The molecule has 2 amide bonds. The van der Waals surface area contributed by atoms with E-state index < -0.39 is 0 Å². The number of rotatable bonds is 3. The molecule has 102 valence electrons. The van der Waals surface area contributed by atoms with Crippen LogP contribution in [-0.4, -0.2) is 36.3 Å². The maximum absolute atomic E-state index is 11.9. The predicted octanol–water partition coefficient (Wildman–Crippen LogP) is 0.929. The summed E-state index contributed by atoms with van der Waals surface area (Å²) >= 11 is 0. The molecule has 1 aromatic carbocycles. The fourth-order valence-electron chi connectivity index (χ4n) is 2.28. The molecule has 0 bridgehead atoms. The third-order valence-corrected chi connectivity index (χ3v) is 3.22. The fourth-order valence-corrected chi connectivity index (χ4v) is 2.28. The summed E-state index contributed by atoms with van der Waals surface area (Å²) in [6.07, 6.45) is 2.10. The molecule has 0 aliphatic carbocycles. The normalized spacial score (nSPS) is 14.5. The lowest BCUT2D eigenvalue weighted by Gasteiger charge is -2.15. The van der Waals surface area contributed by atoms with Gasteiger partial charge in [-0.25, -0.2) is 0 Å². The lowest BCUT2D eigenvalue weighted by atomic mass is 10.1. The van der Waals surface area contributed by atoms with E-state index >= 15 is 0 Å². The van der Waals surface area contributed by atoms with Gasteiger partial charge >= 0.3 is 0 Å². The van der Waals surface area contributed by atoms with E-state index in [2.05, 4.69) is 5.32 Å². The monoisotopic (exact) mass is 261 g/mol. The summed E-state index contributed by atoms with van der Waals surface area (Å²) in [7, 11) is 0. The molecule has 0 unspecified atom stereocenters. The first-order valence-corrected chi connectivity index (χ1v) is 6.49. The van der Waals surface area contributed by atoms with Crippen LogP contribution in [0.3, 0.4) is 0 Å². The highest BCUT2D eigenvalue weighted by Crippen LogP contribution is 2.11. The fraction of sp³-hybridized carbons (Fsp3) is 0.429. The number of amides is 2. The van der Waals surface area contributed by atoms with Crippen LogP contribution in [0.15, 0.2) is 18.2 Å². The summed E-state index contributed by atoms with van der Waals surface area (Å²) in [4.78, 5) is 25.5. The van der Waals surface area contributed by atoms with E-state index in [1.165, 1.54) is 0 Å². The van der Waals surface area contributed by atoms with Crippen LogP contribution in [0.4, 0.5) is 5.69 Å². The third-order valence-electron chi connectivity index (χ3n) is 3.22. The minimum atomic E-state index is -0.261. The van der Waals surface area contributed by atoms with Crippen molar-refractivity contribution in [2.24, 2.45) is 0 Å². The van der Waals surface area contributed by atoms with Gasteiger partial charge in [0.15, 0.2) is 0 Å². The Balaban J connectivity index is 1.91. The quantitative estimate of drug-likeness (QED) is 0.795. The second-order valence-electron chi connectivity index (χ2n) is 4.90. The lowest BCUT2D eigenvalue weighted by Crippen LogP contribution is -2.38. The zero-order valence-corrected chi connectivity index (χ0v) is 11.1. The minimum Gasteiger partial charge on any atom is -0.399 e. The summed E-state index contributed by atoms with van der Waals surface area (Å²) in [6, 6.07) is 5.17. The Hall–Kier alpha value is -2.04. The van der Waals surface area contributed by atoms with Gasteiger partial charge in [0.1, 0.15) is 0 Å². The van der Waals surface area contributed by atoms with Crippen molar-refractivity contribution < 1.29 is 9.59 Å². The first-order valence-electron chi connectivity index (χ1n) is 6.49. The number of anilines is 1. The van der Waals surface area contributed by atoms with Gasteiger partial charge in [0.05, 0.1) is 6.54 Å². The Morgan fingerprint density at radius 3 is 2.58 bits per heavy atom. The number of benzene rings is 1. The predicted molar refractivity (Wildman–Crippen MR) is 73.7 cm³/mol. The molecule has 0 spiro atoms. The largest absolute Gasteiger partial charge is 0.399 e. The summed E-state index contributed by atoms with van der Waals surface area (Å²) < 4.78 is 0. The highest BCUT2D eigenvalue weighted by molar-refractivity contribution is 5.97. The third kappa shape index (κ3) is 3.47. The van der Waals surface area contributed by atoms with Crippen LogP contribution in [0, 0.1) is 6.92 Å². The Bertz CT molecular complexity index is 473. The summed E-state index contributed by atoms with van der Waals surface area (Å²) in [5.74, 6) is -0.283. The van der Waals surface area contributed by atoms with Crippen molar-refractivity contribution >= 4 is 17.5 Å². The number of likely N-dealkylation sites (tertiary alicyclic amines) is 1. The first kappa shape index (κ1) is 13.4. The van der Waals surface area contributed by atoms with Gasteiger partial charge in [0, 0.05) is 24.3 Å². The molecule has 0 aromatic heterocycles. The van der Waals surface area contributed by atoms with E-state index in [9.17, 15) is 9.59 Å². The molecule has 5 nitrogen and oxygen atoms in total. The van der Waals surface area contributed by atoms with E-state index in [0.717, 1.165) is 31.5 Å². The average Bonchev–Trinajstić information content (AvgIpc) is 2.88. The van der Waals surface area contributed by atoms with Crippen LogP contribution in [0.5, 0.6) is 0 Å². The molecule has 0 saturated carbocycles. The molecule has 19 heavy (non-hydrogen) atoms. The van der Waals surface area contributed by atoms with E-state index in [4.69, 9.17) is 5.73 Å². The van der Waals surface area contributed by atoms with Crippen molar-refractivity contribution in [3.63, 3.8) is 0 Å². The number of carbonyl (C=O) groups is 2. The molecule has 1 aliphatic heterocycles. The number of nitrogens with zero attached hydrogens (tertiary/aromatic N) is 1. The van der Waals surface area contributed by atoms with Crippen molar-refractivity contribution in [1.82, 2.24) is 10.2 Å². The van der Waals surface area contributed by atoms with Crippen LogP contribution in [0.1, 0.15) is 28.8 Å². The number of nitrogens with two attached hydrogens (primary N) is 1. The molecule has 1 aromatic rings. The lowest BCUT2D eigenvalue weighted by molar-refractivity contribution is -0.129. The second-order valence-corrected chi connectivity index (χ2v) is 4.90. The van der Waals surface area contributed by atoms with Gasteiger partial charge < -0.3 is 16.0 Å². The van der Waals surface area contributed by atoms with Crippen LogP contribution >= 0.6 is 0 Å². The molecule has 2 rings (SSSR count). The van der Waals surface area contributed by atoms with Crippen molar-refractivity contribution in [3.8, 4) is 0 Å². The van der Waals surface area contributed by atoms with Crippen LogP contribution in [0.2, 0.25) is 0 Å². The SMILES string of the molecule is Cc1cc(N)cc(C(=O)NCC(=O)N2CCCC2)c1. The maximum Gasteiger partial charge on any atom is 0.251 e. The molecule has 0 atom stereocenters. The van der Waals surface area contributed by atoms with Gasteiger partial charge in [-0.3, -0.25) is 9.59 Å². The van der Waals surface area contributed by atoms with Crippen LogP contribution in [0.25, 0.3) is 0 Å². The van der Waals surface area contributed by atoms with E-state index in [1.807, 2.05) is 6.92 Å². The molecular formula is C14H19N3O2. The number of carbonyl (C=O) groups excluding carboxylic acids is 2. The summed E-state index contributed by atoms with van der Waals surface area (Å²) in [5, 5.41) is 2.64. The first-order chi connectivity index (χ1) is 9.06. The summed E-state index contributed by atoms with van der Waals surface area (Å²) in [6.45, 7) is 3.52. The van der Waals surface area contributed by atoms with Gasteiger partial charge in [0.2, 0.25) is 5.91 Å². The number of nitrogen functional groups attached to an aromatic ring is 1. The molecule has 5 heteroatoms. The van der Waals surface area contributed by atoms with Gasteiger partial charge in [-0.2, -0.15) is 0 Å². The smallest absolute Gasteiger partial charge is 0.251 e. The van der Waals surface area contributed by atoms with Gasteiger partial charge in [-0.1, -0.05) is 0 Å². The maximum atomic E-state index is 11.9. The minimum absolute atomic E-state index is 0.0218. The number of hydrogen-bond acceptors (Lipinski definition) is 3. The van der Waals surface area contributed by atoms with Crippen molar-refractivity contribution in [3.05, 3.63) is 29.3 Å². The molecular weight excluding hydrogens is 242 g/mol. The molecule has 0 radical (unpaired) electrons. The average molecular weight is 261 g/mol. The van der Waals surface area contributed by atoms with Gasteiger partial charge in [0.25, 0.3) is 5.91 Å². The zero-order valence-electron chi connectivity index (χ0n) is 11.1. The number of aryl methyl sites for hydroxylation is 1. The molecule has 1 saturated heterocycles. The van der Waals surface area contributed by atoms with Crippen molar-refractivity contribution in [1.29, 1.82) is 0 Å². The van der Waals surface area contributed by atoms with E-state index in [-0.39, 0.29) is 18.4 Å². The molecule has 1 heterocycles. The summed E-state index contributed by atoms with van der Waals surface area (Å²) in [5.41, 5.74) is 7.67. The van der Waals surface area contributed by atoms with Crippen LogP contribution < -0.4 is 11.1 Å². The van der Waals surface area contributed by atoms with Crippen molar-refractivity contribution in [2.75, 3.05) is 25.4 Å². The Morgan fingerprint density at radius 2 is 1.95 bits per heavy atom. The van der Waals surface area contributed by atoms with Crippen LogP contribution in [-0.2, 0) is 4.79 Å². The Kier molecular flexibility index (Phi) is 4.04. The van der Waals surface area contributed by atoms with Gasteiger partial charge in [-0.15, -0.1) is 0 Å². The molecule has 3 N–H and O–H groups in total. The highest BCUT2D eigenvalue weighted by Gasteiger charge is 2.18. The Labute approximate surface area is 112 Å². The van der Waals surface area contributed by atoms with E-state index in [0.29, 0.717) is 11.3 Å². The van der Waals surface area contributed by atoms with Crippen molar-refractivity contribution in [2.45, 2.75) is 19.8 Å². The number of hydrogen-bond donors (Lipinski definition) is 2. The standard InChI is InChI=1S/C14H19N3O2/c1-10-6-11(8-12(15)7-10)14(19)16-9-13(18)17-4-2-3-5-17/h6-8H,2-5,9,15H2,1H3,(H,16,19). The van der Waals surface area contributed by atoms with Gasteiger partial charge in [-0.05, 0) is 43.5 Å². The van der Waals surface area contributed by atoms with E-state index in [1.54, 1.807) is 23.1 Å². The molecule has 1 fully saturated rings. The number of nitrogens with one attached hydrogen (secondary N) is 1.